The quantitative estimate of drug-likeness (QED) is 0.559. The van der Waals surface area contributed by atoms with Gasteiger partial charge in [-0.1, -0.05) is 32.3 Å². The van der Waals surface area contributed by atoms with Gasteiger partial charge in [0.05, 0.1) is 24.9 Å². The topological polar surface area (TPSA) is 75.6 Å². The normalized spacial score (nSPS) is 16.4. The molecule has 1 aliphatic heterocycles. The van der Waals surface area contributed by atoms with Crippen molar-refractivity contribution in [2.45, 2.75) is 37.5 Å². The molecule has 1 saturated heterocycles. The van der Waals surface area contributed by atoms with Gasteiger partial charge in [0.15, 0.2) is 0 Å². The van der Waals surface area contributed by atoms with Crippen LogP contribution in [0.25, 0.3) is 11.0 Å². The van der Waals surface area contributed by atoms with Crippen LogP contribution in [0.5, 0.6) is 0 Å². The number of nitrogens with zero attached hydrogens (tertiary/aromatic N) is 4. The molecule has 0 amide bonds. The van der Waals surface area contributed by atoms with E-state index in [1.54, 1.807) is 22.5 Å². The number of benzene rings is 1. The molecular formula is C18H28N4O3S2. The molecular weight excluding hydrogens is 384 g/mol. The maximum absolute atomic E-state index is 13.4. The highest BCUT2D eigenvalue weighted by Crippen LogP contribution is 2.25. The van der Waals surface area contributed by atoms with Crippen LogP contribution in [0.15, 0.2) is 23.1 Å². The Hall–Kier alpha value is -1.13. The van der Waals surface area contributed by atoms with E-state index < -0.39 is 10.0 Å². The van der Waals surface area contributed by atoms with E-state index in [9.17, 15) is 8.42 Å². The van der Waals surface area contributed by atoms with Crippen LogP contribution in [0.4, 0.5) is 0 Å². The van der Waals surface area contributed by atoms with Crippen LogP contribution in [0.2, 0.25) is 0 Å². The van der Waals surface area contributed by atoms with Gasteiger partial charge in [0, 0.05) is 32.7 Å². The second-order valence-corrected chi connectivity index (χ2v) is 9.24. The van der Waals surface area contributed by atoms with Gasteiger partial charge >= 0.3 is 0 Å². The summed E-state index contributed by atoms with van der Waals surface area (Å²) in [7, 11) is -3.61. The number of unbranched alkanes of at least 4 members (excludes halogenated alkanes) is 3. The lowest BCUT2D eigenvalue weighted by Gasteiger charge is -2.29. The van der Waals surface area contributed by atoms with Crippen molar-refractivity contribution in [3.05, 3.63) is 18.2 Å². The van der Waals surface area contributed by atoms with Crippen LogP contribution in [0.3, 0.4) is 0 Å². The van der Waals surface area contributed by atoms with Gasteiger partial charge in [-0.15, -0.1) is 0 Å². The molecule has 0 bridgehead atoms. The van der Waals surface area contributed by atoms with Gasteiger partial charge in [0.1, 0.15) is 15.9 Å². The summed E-state index contributed by atoms with van der Waals surface area (Å²) in [5.74, 6) is 0. The van der Waals surface area contributed by atoms with Crippen molar-refractivity contribution in [2.75, 3.05) is 45.9 Å². The summed E-state index contributed by atoms with van der Waals surface area (Å²) >= 11 is 1.05. The van der Waals surface area contributed by atoms with Crippen LogP contribution in [-0.2, 0) is 14.8 Å². The molecule has 0 atom stereocenters. The monoisotopic (exact) mass is 412 g/mol. The Kier molecular flexibility index (Phi) is 7.54. The van der Waals surface area contributed by atoms with E-state index in [4.69, 9.17) is 4.74 Å². The number of rotatable bonds is 10. The van der Waals surface area contributed by atoms with Crippen molar-refractivity contribution < 1.29 is 13.2 Å². The first-order valence-corrected chi connectivity index (χ1v) is 11.8. The van der Waals surface area contributed by atoms with Crippen molar-refractivity contribution in [2.24, 2.45) is 0 Å². The molecule has 27 heavy (non-hydrogen) atoms. The van der Waals surface area contributed by atoms with Crippen molar-refractivity contribution in [3.63, 3.8) is 0 Å². The fraction of sp³-hybridized carbons (Fsp3) is 0.667. The zero-order valence-corrected chi connectivity index (χ0v) is 17.5. The van der Waals surface area contributed by atoms with Gasteiger partial charge in [-0.25, -0.2) is 8.42 Å². The minimum atomic E-state index is -3.61. The SMILES string of the molecule is CCCCCCN(CCN1CCOCC1)S(=O)(=O)c1cccc2nsnc12. The van der Waals surface area contributed by atoms with E-state index in [1.807, 2.05) is 0 Å². The van der Waals surface area contributed by atoms with E-state index in [1.165, 1.54) is 0 Å². The van der Waals surface area contributed by atoms with Gasteiger partial charge < -0.3 is 4.74 Å². The second kappa shape index (κ2) is 9.88. The molecule has 150 valence electrons. The average Bonchev–Trinajstić information content (AvgIpc) is 3.16. The van der Waals surface area contributed by atoms with Gasteiger partial charge in [0.2, 0.25) is 10.0 Å². The van der Waals surface area contributed by atoms with E-state index in [0.29, 0.717) is 37.3 Å². The standard InChI is InChI=1S/C18H28N4O3S2/c1-2-3-4-5-9-22(11-10-21-12-14-25-15-13-21)27(23,24)17-8-6-7-16-18(17)20-26-19-16/h6-8H,2-5,9-15H2,1H3. The molecule has 0 saturated carbocycles. The summed E-state index contributed by atoms with van der Waals surface area (Å²) in [6.45, 7) is 7.05. The first kappa shape index (κ1) is 20.6. The smallest absolute Gasteiger partial charge is 0.245 e. The van der Waals surface area contributed by atoms with Gasteiger partial charge in [-0.05, 0) is 18.6 Å². The fourth-order valence-electron chi connectivity index (χ4n) is 3.27. The maximum Gasteiger partial charge on any atom is 0.245 e. The summed E-state index contributed by atoms with van der Waals surface area (Å²) in [6.07, 6.45) is 4.18. The molecule has 0 aliphatic carbocycles. The van der Waals surface area contributed by atoms with Crippen molar-refractivity contribution in [1.29, 1.82) is 0 Å². The summed E-state index contributed by atoms with van der Waals surface area (Å²) in [4.78, 5) is 2.54. The van der Waals surface area contributed by atoms with Crippen molar-refractivity contribution in [1.82, 2.24) is 18.0 Å². The summed E-state index contributed by atoms with van der Waals surface area (Å²) in [6, 6.07) is 5.19. The van der Waals surface area contributed by atoms with Gasteiger partial charge in [-0.3, -0.25) is 4.90 Å². The highest BCUT2D eigenvalue weighted by Gasteiger charge is 2.27. The molecule has 1 aromatic heterocycles. The van der Waals surface area contributed by atoms with E-state index in [-0.39, 0.29) is 4.90 Å². The Labute approximate surface area is 165 Å². The van der Waals surface area contributed by atoms with Crippen LogP contribution < -0.4 is 0 Å². The Morgan fingerprint density at radius 3 is 2.74 bits per heavy atom. The average molecular weight is 413 g/mol. The Morgan fingerprint density at radius 2 is 1.96 bits per heavy atom. The largest absolute Gasteiger partial charge is 0.379 e. The number of hydrogen-bond acceptors (Lipinski definition) is 7. The first-order chi connectivity index (χ1) is 13.1. The van der Waals surface area contributed by atoms with E-state index in [2.05, 4.69) is 20.6 Å². The third-order valence-electron chi connectivity index (χ3n) is 4.90. The minimum absolute atomic E-state index is 0.270. The van der Waals surface area contributed by atoms with Crippen LogP contribution in [0.1, 0.15) is 32.6 Å². The number of fused-ring (bicyclic) bond motifs is 1. The van der Waals surface area contributed by atoms with Crippen LogP contribution in [0, 0.1) is 0 Å². The zero-order valence-electron chi connectivity index (χ0n) is 15.8. The van der Waals surface area contributed by atoms with Gasteiger partial charge in [0.25, 0.3) is 0 Å². The molecule has 0 radical (unpaired) electrons. The molecule has 2 heterocycles. The number of morpholine rings is 1. The predicted octanol–water partition coefficient (Wildman–Crippen LogP) is 2.59. The molecule has 2 aromatic rings. The first-order valence-electron chi connectivity index (χ1n) is 9.64. The number of aromatic nitrogens is 2. The lowest BCUT2D eigenvalue weighted by Crippen LogP contribution is -2.43. The van der Waals surface area contributed by atoms with Crippen molar-refractivity contribution >= 4 is 32.8 Å². The molecule has 7 nitrogen and oxygen atoms in total. The minimum Gasteiger partial charge on any atom is -0.379 e. The second-order valence-electron chi connectivity index (χ2n) is 6.81. The van der Waals surface area contributed by atoms with Crippen molar-refractivity contribution in [3.8, 4) is 0 Å². The molecule has 1 fully saturated rings. The van der Waals surface area contributed by atoms with E-state index >= 15 is 0 Å². The molecule has 3 rings (SSSR count). The molecule has 1 aliphatic rings. The Balaban J connectivity index is 1.77. The highest BCUT2D eigenvalue weighted by atomic mass is 32.2. The Morgan fingerprint density at radius 1 is 1.15 bits per heavy atom. The zero-order chi connectivity index (χ0) is 19.1. The summed E-state index contributed by atoms with van der Waals surface area (Å²) in [5.41, 5.74) is 1.12. The number of hydrogen-bond donors (Lipinski definition) is 0. The number of sulfonamides is 1. The Bertz CT molecular complexity index is 819. The third kappa shape index (κ3) is 5.23. The predicted molar refractivity (Wildman–Crippen MR) is 108 cm³/mol. The van der Waals surface area contributed by atoms with Gasteiger partial charge in [-0.2, -0.15) is 13.1 Å². The number of ether oxygens (including phenoxy) is 1. The lowest BCUT2D eigenvalue weighted by atomic mass is 10.2. The molecule has 0 N–H and O–H groups in total. The molecule has 9 heteroatoms. The lowest BCUT2D eigenvalue weighted by molar-refractivity contribution is 0.0363. The summed E-state index contributed by atoms with van der Waals surface area (Å²) < 4.78 is 42.2. The van der Waals surface area contributed by atoms with Crippen LogP contribution in [-0.4, -0.2) is 72.3 Å². The summed E-state index contributed by atoms with van der Waals surface area (Å²) in [5, 5.41) is 0. The highest BCUT2D eigenvalue weighted by molar-refractivity contribution is 7.89. The molecule has 0 unspecified atom stereocenters. The fourth-order valence-corrected chi connectivity index (χ4v) is 5.50. The third-order valence-corrected chi connectivity index (χ3v) is 7.37. The van der Waals surface area contributed by atoms with E-state index in [0.717, 1.165) is 57.0 Å². The maximum atomic E-state index is 13.4. The molecule has 0 spiro atoms. The van der Waals surface area contributed by atoms with Crippen LogP contribution >= 0.6 is 11.7 Å². The molecule has 1 aromatic carbocycles.